The third-order valence-electron chi connectivity index (χ3n) is 2.36. The first-order chi connectivity index (χ1) is 7.43. The summed E-state index contributed by atoms with van der Waals surface area (Å²) in [6, 6.07) is 10.6. The second kappa shape index (κ2) is 8.45. The highest BCUT2D eigenvalue weighted by Crippen LogP contribution is 2.01. The van der Waals surface area contributed by atoms with Gasteiger partial charge in [-0.05, 0) is 37.9 Å². The molecule has 0 saturated heterocycles. The molecular formula is C13H21NO. The Morgan fingerprint density at radius 2 is 1.80 bits per heavy atom. The van der Waals surface area contributed by atoms with E-state index in [2.05, 4.69) is 35.6 Å². The predicted octanol–water partition coefficient (Wildman–Crippen LogP) is 2.25. The number of ether oxygens (including phenoxy) is 1. The molecule has 1 aromatic carbocycles. The van der Waals surface area contributed by atoms with E-state index in [1.54, 1.807) is 7.11 Å². The van der Waals surface area contributed by atoms with Gasteiger partial charge in [0.05, 0.1) is 0 Å². The minimum Gasteiger partial charge on any atom is -0.385 e. The zero-order valence-electron chi connectivity index (χ0n) is 9.54. The molecule has 15 heavy (non-hydrogen) atoms. The summed E-state index contributed by atoms with van der Waals surface area (Å²) >= 11 is 0. The molecule has 0 fully saturated rings. The molecule has 0 bridgehead atoms. The Kier molecular flexibility index (Phi) is 6.88. The number of methoxy groups -OCH3 is 1. The molecule has 2 nitrogen and oxygen atoms in total. The minimum absolute atomic E-state index is 0.853. The highest BCUT2D eigenvalue weighted by molar-refractivity contribution is 5.14. The molecule has 0 unspecified atom stereocenters. The van der Waals surface area contributed by atoms with Gasteiger partial charge >= 0.3 is 0 Å². The fourth-order valence-corrected chi connectivity index (χ4v) is 1.53. The summed E-state index contributed by atoms with van der Waals surface area (Å²) in [4.78, 5) is 0. The van der Waals surface area contributed by atoms with Gasteiger partial charge in [-0.25, -0.2) is 0 Å². The summed E-state index contributed by atoms with van der Waals surface area (Å²) < 4.78 is 4.98. The molecule has 1 rings (SSSR count). The Bertz CT molecular complexity index is 236. The second-order valence-electron chi connectivity index (χ2n) is 3.69. The maximum atomic E-state index is 4.98. The van der Waals surface area contributed by atoms with Gasteiger partial charge in [-0.3, -0.25) is 0 Å². The van der Waals surface area contributed by atoms with Crippen LogP contribution >= 0.6 is 0 Å². The van der Waals surface area contributed by atoms with Crippen molar-refractivity contribution in [3.8, 4) is 0 Å². The summed E-state index contributed by atoms with van der Waals surface area (Å²) in [5.74, 6) is 0. The molecule has 0 atom stereocenters. The molecule has 1 aromatic rings. The molecule has 0 radical (unpaired) electrons. The molecule has 0 aliphatic heterocycles. The van der Waals surface area contributed by atoms with Gasteiger partial charge in [0, 0.05) is 13.7 Å². The van der Waals surface area contributed by atoms with Gasteiger partial charge < -0.3 is 10.1 Å². The van der Waals surface area contributed by atoms with Crippen LogP contribution in [0.4, 0.5) is 0 Å². The van der Waals surface area contributed by atoms with Crippen molar-refractivity contribution >= 4 is 0 Å². The molecule has 0 spiro atoms. The van der Waals surface area contributed by atoms with Crippen LogP contribution in [0.1, 0.15) is 18.4 Å². The SMILES string of the molecule is COCCCNCCCc1ccccc1. The normalized spacial score (nSPS) is 10.5. The number of hydrogen-bond donors (Lipinski definition) is 1. The number of nitrogens with one attached hydrogen (secondary N) is 1. The van der Waals surface area contributed by atoms with E-state index in [0.29, 0.717) is 0 Å². The Morgan fingerprint density at radius 1 is 1.07 bits per heavy atom. The van der Waals surface area contributed by atoms with Crippen LogP contribution in [-0.2, 0) is 11.2 Å². The Hall–Kier alpha value is -0.860. The summed E-state index contributed by atoms with van der Waals surface area (Å²) in [5, 5.41) is 3.41. The Morgan fingerprint density at radius 3 is 2.53 bits per heavy atom. The van der Waals surface area contributed by atoms with Crippen molar-refractivity contribution in [1.29, 1.82) is 0 Å². The number of aryl methyl sites for hydroxylation is 1. The van der Waals surface area contributed by atoms with Crippen LogP contribution in [0.15, 0.2) is 30.3 Å². The largest absolute Gasteiger partial charge is 0.385 e. The van der Waals surface area contributed by atoms with Crippen molar-refractivity contribution in [2.75, 3.05) is 26.8 Å². The van der Waals surface area contributed by atoms with Crippen molar-refractivity contribution in [1.82, 2.24) is 5.32 Å². The van der Waals surface area contributed by atoms with Gasteiger partial charge in [0.25, 0.3) is 0 Å². The molecule has 0 aliphatic rings. The lowest BCUT2D eigenvalue weighted by molar-refractivity contribution is 0.194. The fraction of sp³-hybridized carbons (Fsp3) is 0.538. The van der Waals surface area contributed by atoms with Gasteiger partial charge in [0.2, 0.25) is 0 Å². The van der Waals surface area contributed by atoms with Gasteiger partial charge in [0.1, 0.15) is 0 Å². The first-order valence-electron chi connectivity index (χ1n) is 5.67. The molecule has 2 heteroatoms. The lowest BCUT2D eigenvalue weighted by atomic mass is 10.1. The molecule has 84 valence electrons. The van der Waals surface area contributed by atoms with E-state index < -0.39 is 0 Å². The second-order valence-corrected chi connectivity index (χ2v) is 3.69. The summed E-state index contributed by atoms with van der Waals surface area (Å²) in [5.41, 5.74) is 1.43. The van der Waals surface area contributed by atoms with Gasteiger partial charge in [-0.1, -0.05) is 30.3 Å². The molecule has 0 aromatic heterocycles. The summed E-state index contributed by atoms with van der Waals surface area (Å²) in [6.07, 6.45) is 3.47. The van der Waals surface area contributed by atoms with Crippen LogP contribution in [0, 0.1) is 0 Å². The summed E-state index contributed by atoms with van der Waals surface area (Å²) in [6.45, 7) is 3.01. The minimum atomic E-state index is 0.853. The smallest absolute Gasteiger partial charge is 0.0474 e. The van der Waals surface area contributed by atoms with Crippen molar-refractivity contribution in [2.45, 2.75) is 19.3 Å². The molecule has 0 aliphatic carbocycles. The van der Waals surface area contributed by atoms with Crippen molar-refractivity contribution in [3.63, 3.8) is 0 Å². The molecule has 0 saturated carbocycles. The van der Waals surface area contributed by atoms with E-state index in [1.807, 2.05) is 0 Å². The first kappa shape index (κ1) is 12.2. The molecular weight excluding hydrogens is 186 g/mol. The van der Waals surface area contributed by atoms with E-state index in [4.69, 9.17) is 4.74 Å². The Balaban J connectivity index is 1.93. The molecule has 1 N–H and O–H groups in total. The van der Waals surface area contributed by atoms with Gasteiger partial charge in [0.15, 0.2) is 0 Å². The van der Waals surface area contributed by atoms with Crippen LogP contribution < -0.4 is 5.32 Å². The lowest BCUT2D eigenvalue weighted by Gasteiger charge is -2.04. The van der Waals surface area contributed by atoms with Crippen LogP contribution in [0.25, 0.3) is 0 Å². The van der Waals surface area contributed by atoms with E-state index in [1.165, 1.54) is 12.0 Å². The van der Waals surface area contributed by atoms with Crippen LogP contribution in [0.5, 0.6) is 0 Å². The number of benzene rings is 1. The van der Waals surface area contributed by atoms with Crippen LogP contribution in [-0.4, -0.2) is 26.8 Å². The van der Waals surface area contributed by atoms with Crippen LogP contribution in [0.3, 0.4) is 0 Å². The highest BCUT2D eigenvalue weighted by Gasteiger charge is 1.91. The zero-order chi connectivity index (χ0) is 10.8. The predicted molar refractivity (Wildman–Crippen MR) is 64.1 cm³/mol. The van der Waals surface area contributed by atoms with E-state index in [0.717, 1.165) is 32.5 Å². The summed E-state index contributed by atoms with van der Waals surface area (Å²) in [7, 11) is 1.75. The van der Waals surface area contributed by atoms with E-state index >= 15 is 0 Å². The molecule has 0 heterocycles. The molecule has 0 amide bonds. The van der Waals surface area contributed by atoms with Crippen molar-refractivity contribution in [2.24, 2.45) is 0 Å². The van der Waals surface area contributed by atoms with E-state index in [-0.39, 0.29) is 0 Å². The number of rotatable bonds is 8. The topological polar surface area (TPSA) is 21.3 Å². The zero-order valence-corrected chi connectivity index (χ0v) is 9.54. The maximum Gasteiger partial charge on any atom is 0.0474 e. The average Bonchev–Trinajstić information content (AvgIpc) is 2.29. The van der Waals surface area contributed by atoms with Crippen molar-refractivity contribution in [3.05, 3.63) is 35.9 Å². The third kappa shape index (κ3) is 6.26. The van der Waals surface area contributed by atoms with Crippen molar-refractivity contribution < 1.29 is 4.74 Å². The third-order valence-corrected chi connectivity index (χ3v) is 2.36. The number of hydrogen-bond acceptors (Lipinski definition) is 2. The van der Waals surface area contributed by atoms with Gasteiger partial charge in [-0.15, -0.1) is 0 Å². The highest BCUT2D eigenvalue weighted by atomic mass is 16.5. The lowest BCUT2D eigenvalue weighted by Crippen LogP contribution is -2.18. The Labute approximate surface area is 92.6 Å². The maximum absolute atomic E-state index is 4.98. The monoisotopic (exact) mass is 207 g/mol. The first-order valence-corrected chi connectivity index (χ1v) is 5.67. The van der Waals surface area contributed by atoms with Gasteiger partial charge in [-0.2, -0.15) is 0 Å². The fourth-order valence-electron chi connectivity index (χ4n) is 1.53. The van der Waals surface area contributed by atoms with E-state index in [9.17, 15) is 0 Å². The standard InChI is InChI=1S/C13H21NO/c1-15-12-6-11-14-10-5-9-13-7-3-2-4-8-13/h2-4,7-8,14H,5-6,9-12H2,1H3. The van der Waals surface area contributed by atoms with Crippen LogP contribution in [0.2, 0.25) is 0 Å². The quantitative estimate of drug-likeness (QED) is 0.660. The average molecular weight is 207 g/mol.